The van der Waals surface area contributed by atoms with Gasteiger partial charge in [0.15, 0.2) is 0 Å². The fourth-order valence-electron chi connectivity index (χ4n) is 2.85. The molecule has 2 aliphatic rings. The van der Waals surface area contributed by atoms with Crippen molar-refractivity contribution in [2.24, 2.45) is 5.92 Å². The third-order valence-corrected chi connectivity index (χ3v) is 4.35. The van der Waals surface area contributed by atoms with Crippen LogP contribution in [0.3, 0.4) is 0 Å². The van der Waals surface area contributed by atoms with E-state index in [0.29, 0.717) is 13.2 Å². The molecule has 2 N–H and O–H groups in total. The molecular formula is C17H24N2O3. The molecule has 0 radical (unpaired) electrons. The van der Waals surface area contributed by atoms with Crippen molar-refractivity contribution in [2.45, 2.75) is 38.3 Å². The summed E-state index contributed by atoms with van der Waals surface area (Å²) in [5.41, 5.74) is 1.85. The fourth-order valence-corrected chi connectivity index (χ4v) is 2.85. The number of urea groups is 1. The van der Waals surface area contributed by atoms with Crippen molar-refractivity contribution < 1.29 is 14.6 Å². The van der Waals surface area contributed by atoms with Gasteiger partial charge < -0.3 is 20.1 Å². The molecule has 2 amide bonds. The number of aliphatic hydroxyl groups excluding tert-OH is 1. The van der Waals surface area contributed by atoms with Crippen molar-refractivity contribution in [3.8, 4) is 0 Å². The number of likely N-dealkylation sites (tertiary alicyclic amines) is 1. The van der Waals surface area contributed by atoms with Gasteiger partial charge in [-0.05, 0) is 49.3 Å². The molecule has 2 fully saturated rings. The maximum absolute atomic E-state index is 12.3. The van der Waals surface area contributed by atoms with E-state index in [-0.39, 0.29) is 18.7 Å². The van der Waals surface area contributed by atoms with Crippen molar-refractivity contribution in [1.29, 1.82) is 0 Å². The van der Waals surface area contributed by atoms with Gasteiger partial charge in [0.1, 0.15) is 0 Å². The highest BCUT2D eigenvalue weighted by Crippen LogP contribution is 2.29. The molecule has 1 aromatic carbocycles. The molecule has 0 aromatic heterocycles. The Hall–Kier alpha value is -1.59. The second-order valence-electron chi connectivity index (χ2n) is 6.26. The van der Waals surface area contributed by atoms with E-state index >= 15 is 0 Å². The normalized spacial score (nSPS) is 21.1. The zero-order valence-corrected chi connectivity index (χ0v) is 12.8. The summed E-state index contributed by atoms with van der Waals surface area (Å²) in [4.78, 5) is 14.0. The van der Waals surface area contributed by atoms with Crippen LogP contribution in [0.25, 0.3) is 0 Å². The maximum atomic E-state index is 12.3. The highest BCUT2D eigenvalue weighted by Gasteiger charge is 2.28. The summed E-state index contributed by atoms with van der Waals surface area (Å²) in [6.45, 7) is 2.16. The van der Waals surface area contributed by atoms with Gasteiger partial charge >= 0.3 is 6.03 Å². The lowest BCUT2D eigenvalue weighted by Gasteiger charge is -2.23. The highest BCUT2D eigenvalue weighted by molar-refractivity contribution is 5.89. The summed E-state index contributed by atoms with van der Waals surface area (Å²) in [7, 11) is 0. The van der Waals surface area contributed by atoms with Gasteiger partial charge in [0, 0.05) is 18.8 Å². The number of ether oxygens (including phenoxy) is 1. The smallest absolute Gasteiger partial charge is 0.322 e. The number of anilines is 1. The quantitative estimate of drug-likeness (QED) is 0.849. The number of hydrogen-bond acceptors (Lipinski definition) is 3. The molecular weight excluding hydrogens is 280 g/mol. The van der Waals surface area contributed by atoms with Crippen LogP contribution in [0.2, 0.25) is 0 Å². The molecule has 0 spiro atoms. The molecule has 1 aliphatic heterocycles. The van der Waals surface area contributed by atoms with Crippen LogP contribution in [0, 0.1) is 5.92 Å². The largest absolute Gasteiger partial charge is 0.394 e. The first kappa shape index (κ1) is 15.3. The Morgan fingerprint density at radius 2 is 2.23 bits per heavy atom. The Balaban J connectivity index is 1.53. The summed E-state index contributed by atoms with van der Waals surface area (Å²) in [5.74, 6) is 0.758. The second kappa shape index (κ2) is 7.11. The number of nitrogens with zero attached hydrogens (tertiary/aromatic N) is 1. The average molecular weight is 304 g/mol. The Kier molecular flexibility index (Phi) is 4.95. The monoisotopic (exact) mass is 304 g/mol. The summed E-state index contributed by atoms with van der Waals surface area (Å²) in [6.07, 6.45) is 4.41. The van der Waals surface area contributed by atoms with E-state index in [0.717, 1.165) is 36.6 Å². The van der Waals surface area contributed by atoms with Crippen LogP contribution >= 0.6 is 0 Å². The number of aliphatic hydroxyl groups is 1. The van der Waals surface area contributed by atoms with Crippen molar-refractivity contribution >= 4 is 11.7 Å². The zero-order valence-electron chi connectivity index (χ0n) is 12.8. The molecule has 3 rings (SSSR count). The van der Waals surface area contributed by atoms with Crippen molar-refractivity contribution in [1.82, 2.24) is 4.90 Å². The number of hydrogen-bond donors (Lipinski definition) is 2. The van der Waals surface area contributed by atoms with Gasteiger partial charge in [0.2, 0.25) is 0 Å². The van der Waals surface area contributed by atoms with Gasteiger partial charge in [-0.15, -0.1) is 0 Å². The minimum absolute atomic E-state index is 0.0302. The first-order valence-corrected chi connectivity index (χ1v) is 8.11. The number of nitrogens with one attached hydrogen (secondary N) is 1. The molecule has 0 bridgehead atoms. The molecule has 120 valence electrons. The predicted octanol–water partition coefficient (Wildman–Crippen LogP) is 2.60. The first-order valence-electron chi connectivity index (χ1n) is 8.11. The van der Waals surface area contributed by atoms with Gasteiger partial charge in [0.05, 0.1) is 19.3 Å². The van der Waals surface area contributed by atoms with Crippen LogP contribution in [0.4, 0.5) is 10.5 Å². The molecule has 0 unspecified atom stereocenters. The lowest BCUT2D eigenvalue weighted by atomic mass is 10.2. The topological polar surface area (TPSA) is 61.8 Å². The molecule has 1 saturated carbocycles. The van der Waals surface area contributed by atoms with Gasteiger partial charge in [0.25, 0.3) is 0 Å². The van der Waals surface area contributed by atoms with Gasteiger partial charge in [-0.1, -0.05) is 12.1 Å². The van der Waals surface area contributed by atoms with E-state index in [1.165, 1.54) is 12.8 Å². The average Bonchev–Trinajstić information content (AvgIpc) is 3.21. The van der Waals surface area contributed by atoms with Crippen molar-refractivity contribution in [3.63, 3.8) is 0 Å². The SMILES string of the molecule is O=C(Nc1cccc(COCC2CC2)c1)N1CCC[C@H]1CO. The molecule has 5 heteroatoms. The molecule has 1 heterocycles. The van der Waals surface area contributed by atoms with Gasteiger partial charge in [-0.25, -0.2) is 4.79 Å². The molecule has 1 saturated heterocycles. The Morgan fingerprint density at radius 1 is 1.36 bits per heavy atom. The minimum Gasteiger partial charge on any atom is -0.394 e. The molecule has 5 nitrogen and oxygen atoms in total. The first-order chi connectivity index (χ1) is 10.8. The molecule has 1 aliphatic carbocycles. The van der Waals surface area contributed by atoms with Crippen LogP contribution in [0.15, 0.2) is 24.3 Å². The number of rotatable bonds is 6. The predicted molar refractivity (Wildman–Crippen MR) is 84.7 cm³/mol. The fraction of sp³-hybridized carbons (Fsp3) is 0.588. The van der Waals surface area contributed by atoms with Crippen molar-refractivity contribution in [2.75, 3.05) is 25.1 Å². The third kappa shape index (κ3) is 3.99. The number of carbonyl (C=O) groups is 1. The summed E-state index contributed by atoms with van der Waals surface area (Å²) in [5, 5.41) is 12.2. The van der Waals surface area contributed by atoms with E-state index in [1.807, 2.05) is 24.3 Å². The molecule has 22 heavy (non-hydrogen) atoms. The van der Waals surface area contributed by atoms with Crippen molar-refractivity contribution in [3.05, 3.63) is 29.8 Å². The Bertz CT molecular complexity index is 516. The lowest BCUT2D eigenvalue weighted by molar-refractivity contribution is 0.111. The molecule has 1 atom stereocenters. The number of amides is 2. The highest BCUT2D eigenvalue weighted by atomic mass is 16.5. The van der Waals surface area contributed by atoms with E-state index in [9.17, 15) is 9.90 Å². The second-order valence-corrected chi connectivity index (χ2v) is 6.26. The van der Waals surface area contributed by atoms with Crippen LogP contribution < -0.4 is 5.32 Å². The van der Waals surface area contributed by atoms with Gasteiger partial charge in [-0.2, -0.15) is 0 Å². The van der Waals surface area contributed by atoms with E-state index < -0.39 is 0 Å². The summed E-state index contributed by atoms with van der Waals surface area (Å²) >= 11 is 0. The number of benzene rings is 1. The van der Waals surface area contributed by atoms with Gasteiger partial charge in [-0.3, -0.25) is 0 Å². The van der Waals surface area contributed by atoms with E-state index in [4.69, 9.17) is 4.74 Å². The maximum Gasteiger partial charge on any atom is 0.322 e. The summed E-state index contributed by atoms with van der Waals surface area (Å²) < 4.78 is 5.68. The van der Waals surface area contributed by atoms with Crippen LogP contribution in [-0.2, 0) is 11.3 Å². The Labute approximate surface area is 131 Å². The third-order valence-electron chi connectivity index (χ3n) is 4.35. The zero-order chi connectivity index (χ0) is 15.4. The summed E-state index contributed by atoms with van der Waals surface area (Å²) in [6, 6.07) is 7.59. The van der Waals surface area contributed by atoms with Crippen LogP contribution in [0.5, 0.6) is 0 Å². The van der Waals surface area contributed by atoms with E-state index in [2.05, 4.69) is 5.32 Å². The molecule has 1 aromatic rings. The Morgan fingerprint density at radius 3 is 3.00 bits per heavy atom. The van der Waals surface area contributed by atoms with Crippen LogP contribution in [0.1, 0.15) is 31.2 Å². The standard InChI is InChI=1S/C17H24N2O3/c20-10-16-5-2-8-19(16)17(21)18-15-4-1-3-14(9-15)12-22-11-13-6-7-13/h1,3-4,9,13,16,20H,2,5-8,10-12H2,(H,18,21)/t16-/m0/s1. The van der Waals surface area contributed by atoms with Crippen LogP contribution in [-0.4, -0.2) is 41.8 Å². The van der Waals surface area contributed by atoms with E-state index in [1.54, 1.807) is 4.90 Å². The number of carbonyl (C=O) groups excluding carboxylic acids is 1. The minimum atomic E-state index is -0.132. The lowest BCUT2D eigenvalue weighted by Crippen LogP contribution is -2.40.